The van der Waals surface area contributed by atoms with Gasteiger partial charge in [0, 0.05) is 16.4 Å². The molecular weight excluding hydrogens is 336 g/mol. The van der Waals surface area contributed by atoms with E-state index in [1.165, 1.54) is 5.56 Å². The van der Waals surface area contributed by atoms with E-state index in [1.807, 2.05) is 25.1 Å². The second-order valence-electron chi connectivity index (χ2n) is 4.31. The number of halogens is 1. The maximum atomic E-state index is 12.0. The van der Waals surface area contributed by atoms with E-state index < -0.39 is 0 Å². The molecule has 0 radical (unpaired) electrons. The third kappa shape index (κ3) is 4.65. The molecule has 0 aliphatic rings. The molecule has 0 spiro atoms. The molecule has 1 atom stereocenters. The molecular formula is C15H15BrN2OS. The molecule has 1 aromatic heterocycles. The van der Waals surface area contributed by atoms with E-state index in [2.05, 4.69) is 38.4 Å². The first kappa shape index (κ1) is 15.1. The second-order valence-corrected chi connectivity index (χ2v) is 6.56. The van der Waals surface area contributed by atoms with E-state index in [9.17, 15) is 4.79 Å². The monoisotopic (exact) mass is 350 g/mol. The number of aromatic nitrogens is 1. The van der Waals surface area contributed by atoms with Gasteiger partial charge in [0.25, 0.3) is 0 Å². The number of hydrogen-bond donors (Lipinski definition) is 1. The van der Waals surface area contributed by atoms with Gasteiger partial charge in [0.1, 0.15) is 0 Å². The van der Waals surface area contributed by atoms with Gasteiger partial charge in [-0.15, -0.1) is 11.8 Å². The molecule has 3 nitrogen and oxygen atoms in total. The topological polar surface area (TPSA) is 42.0 Å². The number of pyridine rings is 1. The van der Waals surface area contributed by atoms with Crippen molar-refractivity contribution in [1.82, 2.24) is 4.98 Å². The van der Waals surface area contributed by atoms with Gasteiger partial charge < -0.3 is 5.32 Å². The third-order valence-corrected chi connectivity index (χ3v) is 4.45. The number of carbonyl (C=O) groups excluding carboxylic acids is 1. The molecule has 0 unspecified atom stereocenters. The lowest BCUT2D eigenvalue weighted by Crippen LogP contribution is -2.22. The van der Waals surface area contributed by atoms with E-state index in [0.29, 0.717) is 0 Å². The van der Waals surface area contributed by atoms with Gasteiger partial charge in [0.2, 0.25) is 5.91 Å². The Morgan fingerprint density at radius 2 is 2.10 bits per heavy atom. The van der Waals surface area contributed by atoms with Gasteiger partial charge in [0.05, 0.1) is 17.1 Å². The fraction of sp³-hybridized carbons (Fsp3) is 0.200. The first-order valence-electron chi connectivity index (χ1n) is 6.22. The van der Waals surface area contributed by atoms with E-state index in [1.54, 1.807) is 30.2 Å². The molecule has 0 aliphatic heterocycles. The number of nitrogens with zero attached hydrogens (tertiary/aromatic N) is 1. The first-order valence-corrected chi connectivity index (χ1v) is 8.06. The van der Waals surface area contributed by atoms with Crippen molar-refractivity contribution in [3.05, 3.63) is 58.8 Å². The van der Waals surface area contributed by atoms with Crippen LogP contribution in [0.15, 0.2) is 53.3 Å². The second kappa shape index (κ2) is 7.45. The minimum Gasteiger partial charge on any atom is -0.324 e. The zero-order chi connectivity index (χ0) is 14.4. The summed E-state index contributed by atoms with van der Waals surface area (Å²) in [6.45, 7) is 1.91. The predicted molar refractivity (Wildman–Crippen MR) is 87.8 cm³/mol. The Morgan fingerprint density at radius 3 is 2.75 bits per heavy atom. The Hall–Kier alpha value is -1.33. The Balaban J connectivity index is 1.83. The smallest absolute Gasteiger partial charge is 0.237 e. The summed E-state index contributed by atoms with van der Waals surface area (Å²) in [6.07, 6.45) is 3.32. The average molecular weight is 351 g/mol. The highest BCUT2D eigenvalue weighted by molar-refractivity contribution is 9.10. The zero-order valence-corrected chi connectivity index (χ0v) is 13.4. The van der Waals surface area contributed by atoms with Crippen LogP contribution in [0.2, 0.25) is 0 Å². The molecule has 0 aliphatic carbocycles. The summed E-state index contributed by atoms with van der Waals surface area (Å²) in [5.74, 6) is 0.814. The van der Waals surface area contributed by atoms with Crippen molar-refractivity contribution in [2.75, 3.05) is 5.32 Å². The van der Waals surface area contributed by atoms with Gasteiger partial charge in [0.15, 0.2) is 0 Å². The molecule has 0 fully saturated rings. The van der Waals surface area contributed by atoms with Crippen molar-refractivity contribution < 1.29 is 4.79 Å². The molecule has 0 saturated heterocycles. The SMILES string of the molecule is C[C@H](SCc1ccc(Br)cc1)C(=O)Nc1cccnc1. The van der Waals surface area contributed by atoms with Crippen molar-refractivity contribution in [2.45, 2.75) is 17.9 Å². The number of hydrogen-bond acceptors (Lipinski definition) is 3. The lowest BCUT2D eigenvalue weighted by Gasteiger charge is -2.11. The zero-order valence-electron chi connectivity index (χ0n) is 11.0. The Bertz CT molecular complexity index is 560. The van der Waals surface area contributed by atoms with Crippen LogP contribution in [0.5, 0.6) is 0 Å². The van der Waals surface area contributed by atoms with E-state index >= 15 is 0 Å². The molecule has 2 aromatic rings. The van der Waals surface area contributed by atoms with Crippen LogP contribution in [0.4, 0.5) is 5.69 Å². The van der Waals surface area contributed by atoms with Crippen molar-refractivity contribution >= 4 is 39.3 Å². The van der Waals surface area contributed by atoms with Gasteiger partial charge in [-0.2, -0.15) is 0 Å². The molecule has 20 heavy (non-hydrogen) atoms. The average Bonchev–Trinajstić information content (AvgIpc) is 2.47. The fourth-order valence-corrected chi connectivity index (χ4v) is 2.67. The van der Waals surface area contributed by atoms with Crippen LogP contribution >= 0.6 is 27.7 Å². The van der Waals surface area contributed by atoms with Crippen LogP contribution in [0.1, 0.15) is 12.5 Å². The summed E-state index contributed by atoms with van der Waals surface area (Å²) in [7, 11) is 0. The molecule has 5 heteroatoms. The van der Waals surface area contributed by atoms with E-state index in [0.717, 1.165) is 15.9 Å². The highest BCUT2D eigenvalue weighted by atomic mass is 79.9. The normalized spacial score (nSPS) is 11.9. The number of carbonyl (C=O) groups is 1. The summed E-state index contributed by atoms with van der Waals surface area (Å²) in [6, 6.07) is 11.8. The molecule has 1 N–H and O–H groups in total. The minimum absolute atomic E-state index is 0.000103. The summed E-state index contributed by atoms with van der Waals surface area (Å²) >= 11 is 5.02. The van der Waals surface area contributed by atoms with E-state index in [4.69, 9.17) is 0 Å². The van der Waals surface area contributed by atoms with Crippen molar-refractivity contribution in [3.8, 4) is 0 Å². The van der Waals surface area contributed by atoms with Crippen molar-refractivity contribution in [1.29, 1.82) is 0 Å². The molecule has 0 saturated carbocycles. The summed E-state index contributed by atoms with van der Waals surface area (Å²) in [4.78, 5) is 16.0. The van der Waals surface area contributed by atoms with Crippen LogP contribution in [0.3, 0.4) is 0 Å². The van der Waals surface area contributed by atoms with Gasteiger partial charge in [-0.25, -0.2) is 0 Å². The lowest BCUT2D eigenvalue weighted by molar-refractivity contribution is -0.115. The lowest BCUT2D eigenvalue weighted by atomic mass is 10.2. The Morgan fingerprint density at radius 1 is 1.35 bits per heavy atom. The molecule has 104 valence electrons. The Labute approximate surface area is 131 Å². The van der Waals surface area contributed by atoms with Crippen LogP contribution in [-0.2, 0) is 10.5 Å². The fourth-order valence-electron chi connectivity index (χ4n) is 1.56. The molecule has 0 bridgehead atoms. The van der Waals surface area contributed by atoms with Gasteiger partial charge in [-0.3, -0.25) is 9.78 Å². The molecule has 2 rings (SSSR count). The summed E-state index contributed by atoms with van der Waals surface area (Å²) in [5, 5.41) is 2.75. The molecule has 1 aromatic carbocycles. The predicted octanol–water partition coefficient (Wildman–Crippen LogP) is 4.10. The van der Waals surface area contributed by atoms with Gasteiger partial charge in [-0.1, -0.05) is 28.1 Å². The summed E-state index contributed by atoms with van der Waals surface area (Å²) in [5.41, 5.74) is 1.94. The van der Waals surface area contributed by atoms with E-state index in [-0.39, 0.29) is 11.2 Å². The highest BCUT2D eigenvalue weighted by Crippen LogP contribution is 2.20. The third-order valence-electron chi connectivity index (χ3n) is 2.71. The standard InChI is InChI=1S/C15H15BrN2OS/c1-11(15(19)18-14-3-2-8-17-9-14)20-10-12-4-6-13(16)7-5-12/h2-9,11H,10H2,1H3,(H,18,19)/t11-/m0/s1. The number of amides is 1. The highest BCUT2D eigenvalue weighted by Gasteiger charge is 2.13. The molecule has 1 amide bonds. The minimum atomic E-state index is -0.112. The number of nitrogens with one attached hydrogen (secondary N) is 1. The van der Waals surface area contributed by atoms with Crippen LogP contribution in [-0.4, -0.2) is 16.1 Å². The van der Waals surface area contributed by atoms with Gasteiger partial charge >= 0.3 is 0 Å². The first-order chi connectivity index (χ1) is 9.65. The Kier molecular flexibility index (Phi) is 5.61. The number of rotatable bonds is 5. The number of anilines is 1. The van der Waals surface area contributed by atoms with Crippen LogP contribution in [0.25, 0.3) is 0 Å². The summed E-state index contributed by atoms with van der Waals surface area (Å²) < 4.78 is 1.06. The maximum absolute atomic E-state index is 12.0. The number of thioether (sulfide) groups is 1. The van der Waals surface area contributed by atoms with Crippen molar-refractivity contribution in [3.63, 3.8) is 0 Å². The maximum Gasteiger partial charge on any atom is 0.237 e. The quantitative estimate of drug-likeness (QED) is 0.882. The van der Waals surface area contributed by atoms with Crippen LogP contribution < -0.4 is 5.32 Å². The van der Waals surface area contributed by atoms with Crippen LogP contribution in [0, 0.1) is 0 Å². The number of benzene rings is 1. The van der Waals surface area contributed by atoms with Crippen molar-refractivity contribution in [2.24, 2.45) is 0 Å². The molecule has 1 heterocycles. The largest absolute Gasteiger partial charge is 0.324 e. The van der Waals surface area contributed by atoms with Gasteiger partial charge in [-0.05, 0) is 36.8 Å².